The Labute approximate surface area is 98.3 Å². The van der Waals surface area contributed by atoms with E-state index in [2.05, 4.69) is 0 Å². The second kappa shape index (κ2) is 3.93. The minimum atomic E-state index is -4.35. The van der Waals surface area contributed by atoms with Gasteiger partial charge in [-0.1, -0.05) is 13.8 Å². The number of aromatic hydroxyl groups is 1. The number of phenols is 1. The summed E-state index contributed by atoms with van der Waals surface area (Å²) in [5.41, 5.74) is 0.00771. The molecule has 0 aromatic heterocycles. The molecular formula is C13H15F3O. The summed E-state index contributed by atoms with van der Waals surface area (Å²) in [6.07, 6.45) is -2.62. The summed E-state index contributed by atoms with van der Waals surface area (Å²) in [6, 6.07) is 2.41. The van der Waals surface area contributed by atoms with Gasteiger partial charge < -0.3 is 5.11 Å². The molecule has 17 heavy (non-hydrogen) atoms. The molecular weight excluding hydrogens is 229 g/mol. The highest BCUT2D eigenvalue weighted by Gasteiger charge is 2.37. The SMILES string of the molecule is CC(C)c1cc(O)c(C2CC2)cc1C(F)(F)F. The molecule has 0 bridgehead atoms. The fourth-order valence-corrected chi connectivity index (χ4v) is 2.07. The lowest BCUT2D eigenvalue weighted by atomic mass is 9.93. The van der Waals surface area contributed by atoms with Crippen LogP contribution in [0.25, 0.3) is 0 Å². The van der Waals surface area contributed by atoms with Gasteiger partial charge in [-0.25, -0.2) is 0 Å². The van der Waals surface area contributed by atoms with Gasteiger partial charge in [-0.15, -0.1) is 0 Å². The lowest BCUT2D eigenvalue weighted by Gasteiger charge is -2.18. The standard InChI is InChI=1S/C13H15F3O/c1-7(2)9-6-12(17)10(8-3-4-8)5-11(9)13(14,15)16/h5-8,17H,3-4H2,1-2H3. The third-order valence-corrected chi connectivity index (χ3v) is 3.14. The summed E-state index contributed by atoms with van der Waals surface area (Å²) in [5, 5.41) is 9.77. The zero-order chi connectivity index (χ0) is 12.8. The molecule has 1 aromatic carbocycles. The number of halogens is 3. The largest absolute Gasteiger partial charge is 0.508 e. The van der Waals surface area contributed by atoms with E-state index in [9.17, 15) is 18.3 Å². The van der Waals surface area contributed by atoms with Gasteiger partial charge in [-0.2, -0.15) is 13.2 Å². The molecule has 0 aliphatic heterocycles. The normalized spacial score (nSPS) is 16.6. The summed E-state index contributed by atoms with van der Waals surface area (Å²) in [5.74, 6) is -0.146. The first-order chi connectivity index (χ1) is 7.80. The number of hydrogen-bond acceptors (Lipinski definition) is 1. The highest BCUT2D eigenvalue weighted by Crippen LogP contribution is 2.47. The number of alkyl halides is 3. The van der Waals surface area contributed by atoms with Crippen molar-refractivity contribution >= 4 is 0 Å². The van der Waals surface area contributed by atoms with Gasteiger partial charge in [0.2, 0.25) is 0 Å². The molecule has 4 heteroatoms. The smallest absolute Gasteiger partial charge is 0.416 e. The predicted molar refractivity (Wildman–Crippen MR) is 59.2 cm³/mol. The Balaban J connectivity index is 2.56. The van der Waals surface area contributed by atoms with E-state index < -0.39 is 11.7 Å². The average molecular weight is 244 g/mol. The van der Waals surface area contributed by atoms with E-state index in [0.717, 1.165) is 18.9 Å². The first kappa shape index (κ1) is 12.3. The van der Waals surface area contributed by atoms with Crippen LogP contribution < -0.4 is 0 Å². The van der Waals surface area contributed by atoms with E-state index in [1.54, 1.807) is 13.8 Å². The van der Waals surface area contributed by atoms with Gasteiger partial charge in [-0.3, -0.25) is 0 Å². The van der Waals surface area contributed by atoms with Crippen LogP contribution in [0.3, 0.4) is 0 Å². The molecule has 0 heterocycles. The Morgan fingerprint density at radius 2 is 1.82 bits per heavy atom. The third-order valence-electron chi connectivity index (χ3n) is 3.14. The molecule has 1 aliphatic rings. The van der Waals surface area contributed by atoms with Crippen molar-refractivity contribution in [3.63, 3.8) is 0 Å². The second-order valence-electron chi connectivity index (χ2n) is 4.93. The van der Waals surface area contributed by atoms with Crippen molar-refractivity contribution < 1.29 is 18.3 Å². The van der Waals surface area contributed by atoms with E-state index in [0.29, 0.717) is 5.56 Å². The Morgan fingerprint density at radius 1 is 1.24 bits per heavy atom. The number of benzene rings is 1. The van der Waals surface area contributed by atoms with Gasteiger partial charge in [-0.05, 0) is 47.9 Å². The number of phenolic OH excluding ortho intramolecular Hbond substituents is 1. The maximum Gasteiger partial charge on any atom is 0.416 e. The summed E-state index contributed by atoms with van der Waals surface area (Å²) in [6.45, 7) is 3.39. The molecule has 1 fully saturated rings. The number of rotatable bonds is 2. The molecule has 1 saturated carbocycles. The van der Waals surface area contributed by atoms with Gasteiger partial charge in [0.1, 0.15) is 5.75 Å². The quantitative estimate of drug-likeness (QED) is 0.816. The molecule has 0 unspecified atom stereocenters. The van der Waals surface area contributed by atoms with Crippen molar-refractivity contribution in [2.75, 3.05) is 0 Å². The van der Waals surface area contributed by atoms with Gasteiger partial charge in [0.15, 0.2) is 0 Å². The molecule has 1 N–H and O–H groups in total. The van der Waals surface area contributed by atoms with Crippen LogP contribution in [0.15, 0.2) is 12.1 Å². The monoisotopic (exact) mass is 244 g/mol. The molecule has 1 aromatic rings. The van der Waals surface area contributed by atoms with Crippen LogP contribution in [0.5, 0.6) is 5.75 Å². The van der Waals surface area contributed by atoms with Crippen LogP contribution in [-0.2, 0) is 6.18 Å². The van der Waals surface area contributed by atoms with Crippen molar-refractivity contribution in [3.05, 3.63) is 28.8 Å². The van der Waals surface area contributed by atoms with E-state index in [4.69, 9.17) is 0 Å². The van der Waals surface area contributed by atoms with Crippen molar-refractivity contribution in [2.45, 2.75) is 44.7 Å². The Morgan fingerprint density at radius 3 is 2.24 bits per heavy atom. The molecule has 94 valence electrons. The van der Waals surface area contributed by atoms with Gasteiger partial charge in [0, 0.05) is 0 Å². The van der Waals surface area contributed by atoms with E-state index in [1.165, 1.54) is 6.07 Å². The summed E-state index contributed by atoms with van der Waals surface area (Å²) in [7, 11) is 0. The van der Waals surface area contributed by atoms with Crippen molar-refractivity contribution in [3.8, 4) is 5.75 Å². The molecule has 0 spiro atoms. The molecule has 2 rings (SSSR count). The highest BCUT2D eigenvalue weighted by molar-refractivity contribution is 5.47. The van der Waals surface area contributed by atoms with Crippen LogP contribution in [-0.4, -0.2) is 5.11 Å². The highest BCUT2D eigenvalue weighted by atomic mass is 19.4. The Hall–Kier alpha value is -1.19. The number of hydrogen-bond donors (Lipinski definition) is 1. The third kappa shape index (κ3) is 2.40. The maximum atomic E-state index is 12.9. The van der Waals surface area contributed by atoms with Crippen LogP contribution in [0.1, 0.15) is 55.2 Å². The van der Waals surface area contributed by atoms with E-state index >= 15 is 0 Å². The van der Waals surface area contributed by atoms with E-state index in [1.807, 2.05) is 0 Å². The Bertz CT molecular complexity index is 431. The molecule has 1 aliphatic carbocycles. The zero-order valence-electron chi connectivity index (χ0n) is 9.80. The molecule has 0 atom stereocenters. The van der Waals surface area contributed by atoms with Crippen LogP contribution in [0.2, 0.25) is 0 Å². The van der Waals surface area contributed by atoms with Crippen molar-refractivity contribution in [2.24, 2.45) is 0 Å². The van der Waals surface area contributed by atoms with Gasteiger partial charge in [0.05, 0.1) is 5.56 Å². The summed E-state index contributed by atoms with van der Waals surface area (Å²) in [4.78, 5) is 0. The lowest BCUT2D eigenvalue weighted by molar-refractivity contribution is -0.138. The van der Waals surface area contributed by atoms with Crippen molar-refractivity contribution in [1.82, 2.24) is 0 Å². The minimum Gasteiger partial charge on any atom is -0.508 e. The van der Waals surface area contributed by atoms with Crippen molar-refractivity contribution in [1.29, 1.82) is 0 Å². The summed E-state index contributed by atoms with van der Waals surface area (Å²) >= 11 is 0. The Kier molecular flexibility index (Phi) is 2.84. The minimum absolute atomic E-state index is 0.00389. The van der Waals surface area contributed by atoms with Gasteiger partial charge in [0.25, 0.3) is 0 Å². The first-order valence-corrected chi connectivity index (χ1v) is 5.74. The fraction of sp³-hybridized carbons (Fsp3) is 0.538. The van der Waals surface area contributed by atoms with Crippen LogP contribution in [0, 0.1) is 0 Å². The summed E-state index contributed by atoms with van der Waals surface area (Å²) < 4.78 is 38.8. The van der Waals surface area contributed by atoms with Crippen LogP contribution >= 0.6 is 0 Å². The molecule has 1 nitrogen and oxygen atoms in total. The predicted octanol–water partition coefficient (Wildman–Crippen LogP) is 4.41. The van der Waals surface area contributed by atoms with Crippen LogP contribution in [0.4, 0.5) is 13.2 Å². The first-order valence-electron chi connectivity index (χ1n) is 5.74. The topological polar surface area (TPSA) is 20.2 Å². The maximum absolute atomic E-state index is 12.9. The molecule has 0 radical (unpaired) electrons. The second-order valence-corrected chi connectivity index (χ2v) is 4.93. The van der Waals surface area contributed by atoms with E-state index in [-0.39, 0.29) is 23.1 Å². The fourth-order valence-electron chi connectivity index (χ4n) is 2.07. The zero-order valence-corrected chi connectivity index (χ0v) is 9.80. The van der Waals surface area contributed by atoms with Gasteiger partial charge >= 0.3 is 6.18 Å². The average Bonchev–Trinajstić information content (AvgIpc) is 2.98. The molecule has 0 saturated heterocycles. The lowest BCUT2D eigenvalue weighted by Crippen LogP contribution is -2.11. The molecule has 0 amide bonds.